The Morgan fingerprint density at radius 2 is 2.20 bits per heavy atom. The first-order chi connectivity index (χ1) is 7.12. The first-order valence-electron chi connectivity index (χ1n) is 5.53. The van der Waals surface area contributed by atoms with Crippen molar-refractivity contribution in [1.82, 2.24) is 0 Å². The maximum atomic E-state index is 5.79. The van der Waals surface area contributed by atoms with Crippen molar-refractivity contribution in [3.05, 3.63) is 23.7 Å². The van der Waals surface area contributed by atoms with Gasteiger partial charge in [-0.1, -0.05) is 0 Å². The van der Waals surface area contributed by atoms with E-state index in [-0.39, 0.29) is 11.5 Å². The molecule has 15 heavy (non-hydrogen) atoms. The van der Waals surface area contributed by atoms with Gasteiger partial charge in [0, 0.05) is 6.04 Å². The summed E-state index contributed by atoms with van der Waals surface area (Å²) in [5.74, 6) is 2.03. The molecule has 1 saturated heterocycles. The summed E-state index contributed by atoms with van der Waals surface area (Å²) >= 11 is 0. The highest BCUT2D eigenvalue weighted by Gasteiger charge is 2.42. The van der Waals surface area contributed by atoms with Crippen LogP contribution < -0.4 is 5.73 Å². The van der Waals surface area contributed by atoms with Gasteiger partial charge in [-0.25, -0.2) is 0 Å². The lowest BCUT2D eigenvalue weighted by atomic mass is 9.78. The van der Waals surface area contributed by atoms with Crippen molar-refractivity contribution in [2.75, 3.05) is 13.2 Å². The molecule has 1 fully saturated rings. The SMILES string of the molecule is Cc1ccc(C2(CCC(C)N)COC2)o1. The van der Waals surface area contributed by atoms with Crippen molar-refractivity contribution >= 4 is 0 Å². The van der Waals surface area contributed by atoms with E-state index in [1.165, 1.54) is 0 Å². The molecule has 0 bridgehead atoms. The van der Waals surface area contributed by atoms with E-state index in [2.05, 4.69) is 6.07 Å². The number of aryl methyl sites for hydroxylation is 1. The fraction of sp³-hybridized carbons (Fsp3) is 0.667. The molecule has 0 saturated carbocycles. The molecule has 2 heterocycles. The molecule has 2 rings (SSSR count). The van der Waals surface area contributed by atoms with Crippen LogP contribution in [0, 0.1) is 6.92 Å². The van der Waals surface area contributed by atoms with Gasteiger partial charge in [0.05, 0.1) is 18.6 Å². The van der Waals surface area contributed by atoms with Gasteiger partial charge in [0.25, 0.3) is 0 Å². The Morgan fingerprint density at radius 3 is 2.60 bits per heavy atom. The number of hydrogen-bond donors (Lipinski definition) is 1. The normalized spacial score (nSPS) is 21.0. The molecule has 1 aliphatic heterocycles. The maximum absolute atomic E-state index is 5.79. The Balaban J connectivity index is 2.08. The molecular formula is C12H19NO2. The minimum atomic E-state index is 0.0991. The highest BCUT2D eigenvalue weighted by Crippen LogP contribution is 2.37. The Labute approximate surface area is 90.6 Å². The van der Waals surface area contributed by atoms with Crippen molar-refractivity contribution in [3.8, 4) is 0 Å². The second kappa shape index (κ2) is 3.99. The molecule has 2 N–H and O–H groups in total. The van der Waals surface area contributed by atoms with Crippen LogP contribution in [0.3, 0.4) is 0 Å². The van der Waals surface area contributed by atoms with E-state index in [1.54, 1.807) is 0 Å². The summed E-state index contributed by atoms with van der Waals surface area (Å²) in [6.07, 6.45) is 2.07. The molecule has 84 valence electrons. The number of furan rings is 1. The zero-order chi connectivity index (χ0) is 10.9. The molecule has 0 spiro atoms. The third kappa shape index (κ3) is 2.08. The highest BCUT2D eigenvalue weighted by atomic mass is 16.5. The van der Waals surface area contributed by atoms with Crippen LogP contribution in [0.2, 0.25) is 0 Å². The zero-order valence-corrected chi connectivity index (χ0v) is 9.45. The molecule has 0 radical (unpaired) electrons. The van der Waals surface area contributed by atoms with Gasteiger partial charge in [-0.05, 0) is 38.8 Å². The fourth-order valence-corrected chi connectivity index (χ4v) is 1.98. The largest absolute Gasteiger partial charge is 0.466 e. The maximum Gasteiger partial charge on any atom is 0.114 e. The molecule has 3 nitrogen and oxygen atoms in total. The molecule has 3 heteroatoms. The van der Waals surface area contributed by atoms with E-state index in [9.17, 15) is 0 Å². The third-order valence-corrected chi connectivity index (χ3v) is 3.10. The van der Waals surface area contributed by atoms with E-state index in [0.717, 1.165) is 37.6 Å². The summed E-state index contributed by atoms with van der Waals surface area (Å²) in [4.78, 5) is 0. The van der Waals surface area contributed by atoms with Gasteiger partial charge in [0.15, 0.2) is 0 Å². The van der Waals surface area contributed by atoms with Gasteiger partial charge in [0.2, 0.25) is 0 Å². The van der Waals surface area contributed by atoms with Crippen molar-refractivity contribution in [2.45, 2.75) is 38.1 Å². The fourth-order valence-electron chi connectivity index (χ4n) is 1.98. The van der Waals surface area contributed by atoms with Crippen LogP contribution in [0.4, 0.5) is 0 Å². The summed E-state index contributed by atoms with van der Waals surface area (Å²) in [6.45, 7) is 5.56. The number of ether oxygens (including phenoxy) is 1. The van der Waals surface area contributed by atoms with E-state index < -0.39 is 0 Å². The van der Waals surface area contributed by atoms with E-state index in [1.807, 2.05) is 19.9 Å². The van der Waals surface area contributed by atoms with E-state index >= 15 is 0 Å². The van der Waals surface area contributed by atoms with Gasteiger partial charge in [-0.15, -0.1) is 0 Å². The van der Waals surface area contributed by atoms with Crippen molar-refractivity contribution in [1.29, 1.82) is 0 Å². The van der Waals surface area contributed by atoms with Crippen molar-refractivity contribution < 1.29 is 9.15 Å². The van der Waals surface area contributed by atoms with E-state index in [0.29, 0.717) is 0 Å². The lowest BCUT2D eigenvalue weighted by molar-refractivity contribution is -0.0757. The van der Waals surface area contributed by atoms with Crippen LogP contribution >= 0.6 is 0 Å². The van der Waals surface area contributed by atoms with E-state index in [4.69, 9.17) is 14.9 Å². The topological polar surface area (TPSA) is 48.4 Å². The number of hydrogen-bond acceptors (Lipinski definition) is 3. The zero-order valence-electron chi connectivity index (χ0n) is 9.45. The van der Waals surface area contributed by atoms with Crippen LogP contribution in [0.1, 0.15) is 31.3 Å². The van der Waals surface area contributed by atoms with Gasteiger partial charge in [0.1, 0.15) is 11.5 Å². The summed E-state index contributed by atoms with van der Waals surface area (Å²) in [6, 6.07) is 4.33. The van der Waals surface area contributed by atoms with Crippen LogP contribution in [0.5, 0.6) is 0 Å². The number of nitrogens with two attached hydrogens (primary N) is 1. The lowest BCUT2D eigenvalue weighted by Gasteiger charge is -2.40. The predicted octanol–water partition coefficient (Wildman–Crippen LogP) is 1.98. The molecule has 1 atom stereocenters. The van der Waals surface area contributed by atoms with Gasteiger partial charge >= 0.3 is 0 Å². The second-order valence-electron chi connectivity index (χ2n) is 4.70. The first-order valence-corrected chi connectivity index (χ1v) is 5.53. The lowest BCUT2D eigenvalue weighted by Crippen LogP contribution is -2.47. The Hall–Kier alpha value is -0.800. The summed E-state index contributed by atoms with van der Waals surface area (Å²) in [7, 11) is 0. The Morgan fingerprint density at radius 1 is 1.47 bits per heavy atom. The van der Waals surface area contributed by atoms with Gasteiger partial charge < -0.3 is 14.9 Å². The molecule has 1 aromatic heterocycles. The quantitative estimate of drug-likeness (QED) is 0.825. The van der Waals surface area contributed by atoms with Crippen LogP contribution in [0.15, 0.2) is 16.5 Å². The summed E-state index contributed by atoms with van der Waals surface area (Å²) in [5.41, 5.74) is 5.89. The molecule has 1 unspecified atom stereocenters. The molecule has 1 aromatic rings. The van der Waals surface area contributed by atoms with Crippen molar-refractivity contribution in [3.63, 3.8) is 0 Å². The summed E-state index contributed by atoms with van der Waals surface area (Å²) < 4.78 is 11.0. The standard InChI is InChI=1S/C12H19NO2/c1-9(13)5-6-12(7-14-8-12)11-4-3-10(2)15-11/h3-4,9H,5-8,13H2,1-2H3. The van der Waals surface area contributed by atoms with Crippen molar-refractivity contribution in [2.24, 2.45) is 5.73 Å². The van der Waals surface area contributed by atoms with Gasteiger partial charge in [-0.3, -0.25) is 0 Å². The molecule has 1 aliphatic rings. The minimum Gasteiger partial charge on any atom is -0.466 e. The van der Waals surface area contributed by atoms with Gasteiger partial charge in [-0.2, -0.15) is 0 Å². The second-order valence-corrected chi connectivity index (χ2v) is 4.70. The van der Waals surface area contributed by atoms with Crippen LogP contribution in [0.25, 0.3) is 0 Å². The van der Waals surface area contributed by atoms with Crippen LogP contribution in [-0.4, -0.2) is 19.3 Å². The molecule has 0 aliphatic carbocycles. The average molecular weight is 209 g/mol. The average Bonchev–Trinajstić information content (AvgIpc) is 2.50. The predicted molar refractivity (Wildman–Crippen MR) is 58.8 cm³/mol. The summed E-state index contributed by atoms with van der Waals surface area (Å²) in [5, 5.41) is 0. The smallest absolute Gasteiger partial charge is 0.114 e. The molecular weight excluding hydrogens is 190 g/mol. The number of rotatable bonds is 4. The monoisotopic (exact) mass is 209 g/mol. The Kier molecular flexibility index (Phi) is 2.85. The van der Waals surface area contributed by atoms with Crippen LogP contribution in [-0.2, 0) is 10.2 Å². The highest BCUT2D eigenvalue weighted by molar-refractivity contribution is 5.20. The minimum absolute atomic E-state index is 0.0991. The Bertz CT molecular complexity index is 326. The third-order valence-electron chi connectivity index (χ3n) is 3.10. The molecule has 0 aromatic carbocycles. The first kappa shape index (κ1) is 10.7. The molecule has 0 amide bonds.